The molecule has 0 aliphatic rings. The van der Waals surface area contributed by atoms with Crippen LogP contribution in [0.25, 0.3) is 11.4 Å². The van der Waals surface area contributed by atoms with Crippen molar-refractivity contribution in [1.82, 2.24) is 15.2 Å². The van der Waals surface area contributed by atoms with Crippen molar-refractivity contribution >= 4 is 33.5 Å². The van der Waals surface area contributed by atoms with E-state index in [9.17, 15) is 4.79 Å². The molecule has 3 aromatic rings. The second-order valence-corrected chi connectivity index (χ2v) is 7.55. The molecular formula is C18H16BrN3O2S. The molecule has 1 aromatic heterocycles. The molecule has 0 spiro atoms. The number of nitrogens with zero attached hydrogens (tertiary/aromatic N) is 2. The standard InChI is InChI=1S/C18H16BrN3O2S/c1-11(16(23)12-3-7-14(19)8-4-12)25-18-20-17(21-22-18)13-5-9-15(24-2)10-6-13/h3-11H,1-2H3,(H,20,21,22). The minimum absolute atomic E-state index is 0.0493. The fraction of sp³-hybridized carbons (Fsp3) is 0.167. The minimum atomic E-state index is -0.277. The van der Waals surface area contributed by atoms with E-state index < -0.39 is 0 Å². The molecular weight excluding hydrogens is 402 g/mol. The maximum Gasteiger partial charge on any atom is 0.209 e. The predicted molar refractivity (Wildman–Crippen MR) is 102 cm³/mol. The van der Waals surface area contributed by atoms with Gasteiger partial charge in [0, 0.05) is 15.6 Å². The highest BCUT2D eigenvalue weighted by molar-refractivity contribution is 9.10. The Kier molecular flexibility index (Phi) is 5.55. The van der Waals surface area contributed by atoms with Gasteiger partial charge in [-0.15, -0.1) is 5.10 Å². The van der Waals surface area contributed by atoms with Gasteiger partial charge in [0.1, 0.15) is 5.75 Å². The van der Waals surface area contributed by atoms with Crippen LogP contribution in [0.3, 0.4) is 0 Å². The number of hydrogen-bond acceptors (Lipinski definition) is 5. The molecule has 0 aliphatic heterocycles. The molecule has 1 N–H and O–H groups in total. The Morgan fingerprint density at radius 3 is 2.48 bits per heavy atom. The van der Waals surface area contributed by atoms with Crippen LogP contribution in [0.5, 0.6) is 5.75 Å². The topological polar surface area (TPSA) is 67.9 Å². The number of aromatic nitrogens is 3. The highest BCUT2D eigenvalue weighted by Crippen LogP contribution is 2.26. The Balaban J connectivity index is 1.69. The smallest absolute Gasteiger partial charge is 0.209 e. The highest BCUT2D eigenvalue weighted by Gasteiger charge is 2.19. The van der Waals surface area contributed by atoms with Crippen molar-refractivity contribution in [3.63, 3.8) is 0 Å². The van der Waals surface area contributed by atoms with Crippen LogP contribution in [0, 0.1) is 0 Å². The van der Waals surface area contributed by atoms with Gasteiger partial charge in [-0.1, -0.05) is 39.8 Å². The second kappa shape index (κ2) is 7.84. The van der Waals surface area contributed by atoms with Crippen molar-refractivity contribution in [1.29, 1.82) is 0 Å². The largest absolute Gasteiger partial charge is 0.497 e. The first-order valence-corrected chi connectivity index (χ1v) is 9.27. The summed E-state index contributed by atoms with van der Waals surface area (Å²) in [7, 11) is 1.63. The average Bonchev–Trinajstić information content (AvgIpc) is 3.10. The van der Waals surface area contributed by atoms with E-state index in [4.69, 9.17) is 4.74 Å². The number of aromatic amines is 1. The molecule has 1 unspecified atom stereocenters. The Labute approximate surface area is 158 Å². The highest BCUT2D eigenvalue weighted by atomic mass is 79.9. The number of ketones is 1. The Morgan fingerprint density at radius 2 is 1.84 bits per heavy atom. The van der Waals surface area contributed by atoms with E-state index in [1.165, 1.54) is 11.8 Å². The number of halogens is 1. The van der Waals surface area contributed by atoms with Crippen LogP contribution in [-0.4, -0.2) is 33.3 Å². The number of benzene rings is 2. The lowest BCUT2D eigenvalue weighted by molar-refractivity contribution is 0.0994. The summed E-state index contributed by atoms with van der Waals surface area (Å²) in [6.07, 6.45) is 0. The van der Waals surface area contributed by atoms with Gasteiger partial charge in [-0.25, -0.2) is 4.98 Å². The SMILES string of the molecule is COc1ccc(-c2nc(SC(C)C(=O)c3ccc(Br)cc3)n[nH]2)cc1. The molecule has 0 saturated heterocycles. The third-order valence-corrected chi connectivity index (χ3v) is 5.10. The number of hydrogen-bond donors (Lipinski definition) is 1. The van der Waals surface area contributed by atoms with Gasteiger partial charge in [0.25, 0.3) is 0 Å². The van der Waals surface area contributed by atoms with Gasteiger partial charge in [-0.3, -0.25) is 9.89 Å². The zero-order chi connectivity index (χ0) is 17.8. The molecule has 0 amide bonds. The predicted octanol–water partition coefficient (Wildman–Crippen LogP) is 4.61. The van der Waals surface area contributed by atoms with Crippen molar-refractivity contribution < 1.29 is 9.53 Å². The summed E-state index contributed by atoms with van der Waals surface area (Å²) in [5, 5.41) is 7.38. The molecule has 3 rings (SSSR count). The van der Waals surface area contributed by atoms with Crippen LogP contribution >= 0.6 is 27.7 Å². The molecule has 2 aromatic carbocycles. The molecule has 1 heterocycles. The number of carbonyl (C=O) groups is 1. The summed E-state index contributed by atoms with van der Waals surface area (Å²) in [4.78, 5) is 17.0. The van der Waals surface area contributed by atoms with Crippen LogP contribution in [0.4, 0.5) is 0 Å². The van der Waals surface area contributed by atoms with Crippen LogP contribution in [0.15, 0.2) is 58.2 Å². The van der Waals surface area contributed by atoms with E-state index in [-0.39, 0.29) is 11.0 Å². The number of methoxy groups -OCH3 is 1. The fourth-order valence-electron chi connectivity index (χ4n) is 2.24. The van der Waals surface area contributed by atoms with Gasteiger partial charge in [-0.2, -0.15) is 0 Å². The number of nitrogens with one attached hydrogen (secondary N) is 1. The van der Waals surface area contributed by atoms with Crippen LogP contribution in [-0.2, 0) is 0 Å². The van der Waals surface area contributed by atoms with Crippen molar-refractivity contribution in [2.75, 3.05) is 7.11 Å². The van der Waals surface area contributed by atoms with Gasteiger partial charge in [-0.05, 0) is 43.3 Å². The quantitative estimate of drug-likeness (QED) is 0.468. The van der Waals surface area contributed by atoms with E-state index >= 15 is 0 Å². The molecule has 0 aliphatic carbocycles. The lowest BCUT2D eigenvalue weighted by Gasteiger charge is -2.07. The Bertz CT molecular complexity index is 863. The zero-order valence-corrected chi connectivity index (χ0v) is 16.1. The van der Waals surface area contributed by atoms with Gasteiger partial charge >= 0.3 is 0 Å². The van der Waals surface area contributed by atoms with Crippen LogP contribution in [0.2, 0.25) is 0 Å². The van der Waals surface area contributed by atoms with Crippen molar-refractivity contribution in [2.24, 2.45) is 0 Å². The number of rotatable bonds is 6. The second-order valence-electron chi connectivity index (χ2n) is 5.33. The molecule has 25 heavy (non-hydrogen) atoms. The molecule has 5 nitrogen and oxygen atoms in total. The molecule has 1 atom stereocenters. The summed E-state index contributed by atoms with van der Waals surface area (Å²) in [6, 6.07) is 14.9. The van der Waals surface area contributed by atoms with E-state index in [1.807, 2.05) is 55.5 Å². The van der Waals surface area contributed by atoms with Gasteiger partial charge < -0.3 is 4.74 Å². The molecule has 0 fully saturated rings. The third-order valence-electron chi connectivity index (χ3n) is 3.61. The fourth-order valence-corrected chi connectivity index (χ4v) is 3.30. The first kappa shape index (κ1) is 17.7. The van der Waals surface area contributed by atoms with Crippen molar-refractivity contribution in [3.8, 4) is 17.1 Å². The molecule has 0 bridgehead atoms. The molecule has 0 saturated carbocycles. The maximum absolute atomic E-state index is 12.5. The number of ether oxygens (including phenoxy) is 1. The van der Waals surface area contributed by atoms with E-state index in [0.717, 1.165) is 15.8 Å². The minimum Gasteiger partial charge on any atom is -0.497 e. The maximum atomic E-state index is 12.5. The summed E-state index contributed by atoms with van der Waals surface area (Å²) in [5.74, 6) is 1.49. The lowest BCUT2D eigenvalue weighted by atomic mass is 10.1. The Morgan fingerprint density at radius 1 is 1.16 bits per heavy atom. The van der Waals surface area contributed by atoms with E-state index in [0.29, 0.717) is 16.5 Å². The average molecular weight is 418 g/mol. The van der Waals surface area contributed by atoms with Crippen molar-refractivity contribution in [2.45, 2.75) is 17.3 Å². The molecule has 0 radical (unpaired) electrons. The van der Waals surface area contributed by atoms with E-state index in [1.54, 1.807) is 7.11 Å². The summed E-state index contributed by atoms with van der Waals surface area (Å²) in [6.45, 7) is 1.86. The van der Waals surface area contributed by atoms with Gasteiger partial charge in [0.2, 0.25) is 5.16 Å². The number of carbonyl (C=O) groups excluding carboxylic acids is 1. The van der Waals surface area contributed by atoms with Gasteiger partial charge in [0.15, 0.2) is 11.6 Å². The number of Topliss-reactive ketones (excluding diaryl/α,β-unsaturated/α-hetero) is 1. The summed E-state index contributed by atoms with van der Waals surface area (Å²) in [5.41, 5.74) is 1.58. The van der Waals surface area contributed by atoms with Crippen LogP contribution in [0.1, 0.15) is 17.3 Å². The summed E-state index contributed by atoms with van der Waals surface area (Å²) >= 11 is 4.71. The third kappa shape index (κ3) is 4.29. The van der Waals surface area contributed by atoms with E-state index in [2.05, 4.69) is 31.1 Å². The van der Waals surface area contributed by atoms with Gasteiger partial charge in [0.05, 0.1) is 12.4 Å². The van der Waals surface area contributed by atoms with Crippen molar-refractivity contribution in [3.05, 3.63) is 58.6 Å². The van der Waals surface area contributed by atoms with Crippen LogP contribution < -0.4 is 4.74 Å². The molecule has 128 valence electrons. The number of H-pyrrole nitrogens is 1. The molecule has 7 heteroatoms. The normalized spacial score (nSPS) is 12.0. The first-order valence-electron chi connectivity index (χ1n) is 7.60. The summed E-state index contributed by atoms with van der Waals surface area (Å²) < 4.78 is 6.09. The Hall–Kier alpha value is -2.12. The lowest BCUT2D eigenvalue weighted by Crippen LogP contribution is -2.13. The zero-order valence-electron chi connectivity index (χ0n) is 13.7. The number of thioether (sulfide) groups is 1. The first-order chi connectivity index (χ1) is 12.1. The monoisotopic (exact) mass is 417 g/mol.